The average Bonchev–Trinajstić information content (AvgIpc) is 2.65. The van der Waals surface area contributed by atoms with Gasteiger partial charge in [-0.15, -0.1) is 11.8 Å². The van der Waals surface area contributed by atoms with Crippen LogP contribution >= 0.6 is 11.8 Å². The molecule has 1 saturated heterocycles. The second-order valence-corrected chi connectivity index (χ2v) is 7.39. The van der Waals surface area contributed by atoms with Crippen molar-refractivity contribution in [3.05, 3.63) is 65.2 Å². The fourth-order valence-corrected chi connectivity index (χ4v) is 3.74. The number of quaternary nitrogens is 2. The molecule has 0 aromatic heterocycles. The maximum absolute atomic E-state index is 8.87. The van der Waals surface area contributed by atoms with Crippen LogP contribution in [0.1, 0.15) is 16.7 Å². The lowest BCUT2D eigenvalue weighted by atomic mass is 10.1. The molecule has 1 aliphatic heterocycles. The minimum absolute atomic E-state index is 0.746. The van der Waals surface area contributed by atoms with Gasteiger partial charge in [0.05, 0.1) is 11.6 Å². The van der Waals surface area contributed by atoms with Crippen LogP contribution in [0.3, 0.4) is 0 Å². The molecule has 2 N–H and O–H groups in total. The molecule has 1 heterocycles. The van der Waals surface area contributed by atoms with Gasteiger partial charge in [-0.25, -0.2) is 0 Å². The second kappa shape index (κ2) is 8.34. The quantitative estimate of drug-likeness (QED) is 0.789. The monoisotopic (exact) mass is 339 g/mol. The number of hydrogen-bond donors (Lipinski definition) is 2. The van der Waals surface area contributed by atoms with Gasteiger partial charge >= 0.3 is 0 Å². The summed E-state index contributed by atoms with van der Waals surface area (Å²) in [5.41, 5.74) is 3.52. The van der Waals surface area contributed by atoms with Gasteiger partial charge in [-0.3, -0.25) is 0 Å². The van der Waals surface area contributed by atoms with E-state index in [2.05, 4.69) is 48.7 Å². The molecule has 24 heavy (non-hydrogen) atoms. The normalized spacial score (nSPS) is 20.5. The van der Waals surface area contributed by atoms with Crippen molar-refractivity contribution in [2.75, 3.05) is 32.4 Å². The Balaban J connectivity index is 1.47. The summed E-state index contributed by atoms with van der Waals surface area (Å²) >= 11 is 1.80. The van der Waals surface area contributed by atoms with Crippen LogP contribution in [0, 0.1) is 11.3 Å². The van der Waals surface area contributed by atoms with Crippen LogP contribution in [-0.4, -0.2) is 32.4 Å². The highest BCUT2D eigenvalue weighted by molar-refractivity contribution is 7.98. The van der Waals surface area contributed by atoms with Crippen molar-refractivity contribution in [2.45, 2.75) is 18.0 Å². The third-order valence-corrected chi connectivity index (χ3v) is 5.56. The van der Waals surface area contributed by atoms with E-state index >= 15 is 0 Å². The molecule has 0 aliphatic carbocycles. The number of nitriles is 1. The molecule has 1 aliphatic rings. The Kier molecular flexibility index (Phi) is 5.92. The van der Waals surface area contributed by atoms with Crippen LogP contribution in [0.4, 0.5) is 0 Å². The SMILES string of the molecule is CSc1ccc(C[NH+]2CC[NH+](Cc3ccc(C#N)cc3)CC2)cc1. The predicted octanol–water partition coefficient (Wildman–Crippen LogP) is 0.764. The highest BCUT2D eigenvalue weighted by Crippen LogP contribution is 2.14. The zero-order chi connectivity index (χ0) is 16.8. The van der Waals surface area contributed by atoms with Gasteiger partial charge < -0.3 is 9.80 Å². The summed E-state index contributed by atoms with van der Waals surface area (Å²) in [5.74, 6) is 0. The standard InChI is InChI=1S/C20H23N3S/c1-24-20-8-6-19(7-9-20)16-23-12-10-22(11-13-23)15-18-4-2-17(14-21)3-5-18/h2-9H,10-13,15-16H2,1H3/p+2. The Morgan fingerprint density at radius 2 is 1.29 bits per heavy atom. The lowest BCUT2D eigenvalue weighted by Gasteiger charge is -2.29. The first-order chi connectivity index (χ1) is 11.8. The van der Waals surface area contributed by atoms with E-state index in [9.17, 15) is 0 Å². The molecule has 1 fully saturated rings. The minimum Gasteiger partial charge on any atom is -0.322 e. The van der Waals surface area contributed by atoms with Gasteiger partial charge in [0.1, 0.15) is 39.3 Å². The first-order valence-electron chi connectivity index (χ1n) is 8.56. The number of hydrogen-bond acceptors (Lipinski definition) is 2. The molecule has 0 amide bonds. The highest BCUT2D eigenvalue weighted by Gasteiger charge is 2.23. The van der Waals surface area contributed by atoms with Crippen molar-refractivity contribution in [2.24, 2.45) is 0 Å². The number of thioether (sulfide) groups is 1. The van der Waals surface area contributed by atoms with Crippen molar-refractivity contribution < 1.29 is 9.80 Å². The maximum Gasteiger partial charge on any atom is 0.127 e. The van der Waals surface area contributed by atoms with Crippen LogP contribution in [0.25, 0.3) is 0 Å². The van der Waals surface area contributed by atoms with Crippen molar-refractivity contribution in [1.82, 2.24) is 0 Å². The van der Waals surface area contributed by atoms with Gasteiger partial charge in [0.25, 0.3) is 0 Å². The Morgan fingerprint density at radius 1 is 0.833 bits per heavy atom. The number of benzene rings is 2. The largest absolute Gasteiger partial charge is 0.322 e. The molecule has 0 spiro atoms. The summed E-state index contributed by atoms with van der Waals surface area (Å²) < 4.78 is 0. The Bertz CT molecular complexity index is 680. The highest BCUT2D eigenvalue weighted by atomic mass is 32.2. The fraction of sp³-hybridized carbons (Fsp3) is 0.350. The summed E-state index contributed by atoms with van der Waals surface area (Å²) in [6, 6.07) is 19.2. The molecule has 0 atom stereocenters. The van der Waals surface area contributed by atoms with Gasteiger partial charge in [-0.1, -0.05) is 24.3 Å². The average molecular weight is 340 g/mol. The van der Waals surface area contributed by atoms with Gasteiger partial charge in [-0.2, -0.15) is 5.26 Å². The molecule has 0 unspecified atom stereocenters. The first-order valence-corrected chi connectivity index (χ1v) is 9.78. The topological polar surface area (TPSA) is 32.7 Å². The number of rotatable bonds is 5. The lowest BCUT2D eigenvalue weighted by molar-refractivity contribution is -1.02. The number of nitrogens with one attached hydrogen (secondary N) is 2. The molecule has 0 saturated carbocycles. The third kappa shape index (κ3) is 4.61. The van der Waals surface area contributed by atoms with Gasteiger partial charge in [0, 0.05) is 16.0 Å². The molecule has 0 radical (unpaired) electrons. The summed E-state index contributed by atoms with van der Waals surface area (Å²) in [7, 11) is 0. The summed E-state index contributed by atoms with van der Waals surface area (Å²) in [6.45, 7) is 7.11. The second-order valence-electron chi connectivity index (χ2n) is 6.51. The summed E-state index contributed by atoms with van der Waals surface area (Å²) in [4.78, 5) is 4.68. The van der Waals surface area contributed by atoms with Crippen molar-refractivity contribution in [1.29, 1.82) is 5.26 Å². The Hall–Kier alpha value is -1.80. The molecular formula is C20H25N3S+2. The van der Waals surface area contributed by atoms with Crippen molar-refractivity contribution >= 4 is 11.8 Å². The van der Waals surface area contributed by atoms with Crippen LogP contribution in [0.15, 0.2) is 53.4 Å². The Labute approximate surface area is 148 Å². The van der Waals surface area contributed by atoms with E-state index in [1.807, 2.05) is 12.1 Å². The van der Waals surface area contributed by atoms with Gasteiger partial charge in [0.15, 0.2) is 0 Å². The van der Waals surface area contributed by atoms with E-state index in [1.165, 1.54) is 42.2 Å². The molecule has 2 aromatic carbocycles. The van der Waals surface area contributed by atoms with Crippen LogP contribution in [0.5, 0.6) is 0 Å². The van der Waals surface area contributed by atoms with Crippen molar-refractivity contribution in [3.63, 3.8) is 0 Å². The van der Waals surface area contributed by atoms with Gasteiger partial charge in [-0.05, 0) is 30.5 Å². The Morgan fingerprint density at radius 3 is 1.71 bits per heavy atom. The van der Waals surface area contributed by atoms with E-state index in [0.29, 0.717) is 0 Å². The van der Waals surface area contributed by atoms with E-state index < -0.39 is 0 Å². The molecule has 124 valence electrons. The smallest absolute Gasteiger partial charge is 0.127 e. The predicted molar refractivity (Wildman–Crippen MR) is 98.2 cm³/mol. The van der Waals surface area contributed by atoms with E-state index in [0.717, 1.165) is 18.7 Å². The number of piperazine rings is 1. The summed E-state index contributed by atoms with van der Waals surface area (Å²) in [6.07, 6.45) is 2.12. The molecular weight excluding hydrogens is 314 g/mol. The van der Waals surface area contributed by atoms with Gasteiger partial charge in [0.2, 0.25) is 0 Å². The lowest BCUT2D eigenvalue weighted by Crippen LogP contribution is -3.27. The van der Waals surface area contributed by atoms with E-state index in [1.54, 1.807) is 21.6 Å². The first kappa shape index (κ1) is 17.0. The molecule has 3 rings (SSSR count). The van der Waals surface area contributed by atoms with Crippen LogP contribution < -0.4 is 9.80 Å². The maximum atomic E-state index is 8.87. The fourth-order valence-electron chi connectivity index (χ4n) is 3.33. The zero-order valence-corrected chi connectivity index (χ0v) is 15.0. The number of nitrogens with zero attached hydrogens (tertiary/aromatic N) is 1. The van der Waals surface area contributed by atoms with Crippen molar-refractivity contribution in [3.8, 4) is 6.07 Å². The minimum atomic E-state index is 0.746. The molecule has 0 bridgehead atoms. The van der Waals surface area contributed by atoms with E-state index in [4.69, 9.17) is 5.26 Å². The summed E-state index contributed by atoms with van der Waals surface area (Å²) in [5, 5.41) is 8.87. The zero-order valence-electron chi connectivity index (χ0n) is 14.2. The van der Waals surface area contributed by atoms with Crippen LogP contribution in [-0.2, 0) is 13.1 Å². The molecule has 4 heteroatoms. The molecule has 2 aromatic rings. The van der Waals surface area contributed by atoms with E-state index in [-0.39, 0.29) is 0 Å². The third-order valence-electron chi connectivity index (χ3n) is 4.81. The van der Waals surface area contributed by atoms with Crippen LogP contribution in [0.2, 0.25) is 0 Å². The molecule has 3 nitrogen and oxygen atoms in total.